The second kappa shape index (κ2) is 20.8. The van der Waals surface area contributed by atoms with Crippen molar-refractivity contribution in [3.05, 3.63) is 51.5 Å². The van der Waals surface area contributed by atoms with Crippen LogP contribution in [-0.2, 0) is 41.2 Å². The molecule has 58 heavy (non-hydrogen) atoms. The maximum absolute atomic E-state index is 14.4. The van der Waals surface area contributed by atoms with Crippen LogP contribution in [0, 0.1) is 23.7 Å². The molecule has 12 nitrogen and oxygen atoms in total. The monoisotopic (exact) mass is 835 g/mol. The highest BCUT2D eigenvalue weighted by atomic mass is 32.1. The van der Waals surface area contributed by atoms with Crippen LogP contribution in [0.1, 0.15) is 119 Å². The first-order chi connectivity index (χ1) is 27.3. The predicted molar refractivity (Wildman–Crippen MR) is 214 cm³/mol. The second-order valence-electron chi connectivity index (χ2n) is 16.2. The number of piperidine rings is 1. The van der Waals surface area contributed by atoms with E-state index >= 15 is 0 Å². The van der Waals surface area contributed by atoms with Gasteiger partial charge in [-0.2, -0.15) is 13.2 Å². The number of likely N-dealkylation sites (tertiary alicyclic amines) is 1. The lowest BCUT2D eigenvalue weighted by Gasteiger charge is -2.39. The van der Waals surface area contributed by atoms with Gasteiger partial charge in [0.1, 0.15) is 16.7 Å². The van der Waals surface area contributed by atoms with Crippen LogP contribution in [0.3, 0.4) is 0 Å². The topological polar surface area (TPSA) is 147 Å². The van der Waals surface area contributed by atoms with Gasteiger partial charge in [0.15, 0.2) is 6.10 Å². The van der Waals surface area contributed by atoms with Crippen LogP contribution in [0.5, 0.6) is 0 Å². The summed E-state index contributed by atoms with van der Waals surface area (Å²) in [6.45, 7) is 12.5. The van der Waals surface area contributed by atoms with Crippen LogP contribution in [-0.4, -0.2) is 95.9 Å². The predicted octanol–water partition coefficient (Wildman–Crippen LogP) is 6.58. The molecular formula is C42H60F3N5O7S. The number of halogens is 3. The van der Waals surface area contributed by atoms with Crippen LogP contribution in [0.4, 0.5) is 13.2 Å². The van der Waals surface area contributed by atoms with Crippen molar-refractivity contribution in [3.8, 4) is 0 Å². The molecule has 1 saturated carbocycles. The molecule has 2 N–H and O–H groups in total. The number of benzene rings is 1. The van der Waals surface area contributed by atoms with E-state index in [1.165, 1.54) is 31.5 Å². The number of nitrogens with zero attached hydrogens (tertiary/aromatic N) is 3. The van der Waals surface area contributed by atoms with Crippen LogP contribution in [0.15, 0.2) is 29.6 Å². The van der Waals surface area contributed by atoms with Crippen LogP contribution < -0.4 is 10.6 Å². The van der Waals surface area contributed by atoms with E-state index in [0.717, 1.165) is 68.7 Å². The molecule has 1 aromatic heterocycles. The maximum atomic E-state index is 14.4. The second-order valence-corrected chi connectivity index (χ2v) is 17.1. The molecule has 3 amide bonds. The van der Waals surface area contributed by atoms with Gasteiger partial charge in [0.05, 0.1) is 24.6 Å². The molecule has 0 radical (unpaired) electrons. The van der Waals surface area contributed by atoms with E-state index in [1.54, 1.807) is 18.9 Å². The Morgan fingerprint density at radius 2 is 1.67 bits per heavy atom. The van der Waals surface area contributed by atoms with Gasteiger partial charge in [0, 0.05) is 37.9 Å². The number of carbonyl (C=O) groups excluding carboxylic acids is 5. The molecule has 322 valence electrons. The van der Waals surface area contributed by atoms with Crippen molar-refractivity contribution in [2.45, 2.75) is 129 Å². The normalized spacial score (nSPS) is 19.3. The highest BCUT2D eigenvalue weighted by molar-refractivity contribution is 7.09. The number of carbonyl (C=O) groups is 5. The number of esters is 2. The van der Waals surface area contributed by atoms with E-state index in [-0.39, 0.29) is 54.6 Å². The van der Waals surface area contributed by atoms with E-state index < -0.39 is 59.7 Å². The number of nitrogens with one attached hydrogen (secondary N) is 2. The molecule has 16 heteroatoms. The molecule has 2 fully saturated rings. The minimum absolute atomic E-state index is 0.0238. The first-order valence-electron chi connectivity index (χ1n) is 20.3. The third-order valence-electron chi connectivity index (χ3n) is 11.5. The number of hydrogen-bond acceptors (Lipinski definition) is 10. The number of thiazole rings is 1. The van der Waals surface area contributed by atoms with Crippen molar-refractivity contribution < 1.29 is 46.6 Å². The highest BCUT2D eigenvalue weighted by Gasteiger charge is 2.42. The lowest BCUT2D eigenvalue weighted by Crippen LogP contribution is -2.58. The lowest BCUT2D eigenvalue weighted by atomic mass is 9.91. The standard InChI is InChI=1S/C42H60F3N5O7S/c1-9-50-19-11-10-12-33(50)38(53)48-36(26(5)29-15-16-29)40(54)49(7)34(24(2)3)22-35(57-27(6)51)39-47-32(23-58-39)37(52)46-31(20-25(4)41(55)56-8)21-28-13-17-30(18-14-28)42(43,44)45/h13-14,17-18,23-26,29,31,33-36H,9-12,15-16,19-22H2,1-8H3,(H,46,52)(H,48,53)/t25-,26-,31+,33+,34+,35+,36-/m0/s1. The molecule has 1 aromatic carbocycles. The summed E-state index contributed by atoms with van der Waals surface area (Å²) in [6.07, 6.45) is -0.242. The summed E-state index contributed by atoms with van der Waals surface area (Å²) in [5.41, 5.74) is -0.256. The van der Waals surface area contributed by atoms with Crippen molar-refractivity contribution in [1.82, 2.24) is 25.4 Å². The molecule has 4 rings (SSSR count). The molecule has 0 unspecified atom stereocenters. The largest absolute Gasteiger partial charge is 0.469 e. The number of ether oxygens (including phenoxy) is 2. The molecule has 2 aromatic rings. The van der Waals surface area contributed by atoms with Crippen molar-refractivity contribution in [2.75, 3.05) is 27.2 Å². The smallest absolute Gasteiger partial charge is 0.416 e. The van der Waals surface area contributed by atoms with Crippen molar-refractivity contribution in [1.29, 1.82) is 0 Å². The Morgan fingerprint density at radius 1 is 1.00 bits per heavy atom. The van der Waals surface area contributed by atoms with Gasteiger partial charge < -0.3 is 25.0 Å². The number of alkyl halides is 3. The van der Waals surface area contributed by atoms with Gasteiger partial charge in [-0.25, -0.2) is 4.98 Å². The Bertz CT molecular complexity index is 1720. The van der Waals surface area contributed by atoms with E-state index in [4.69, 9.17) is 9.47 Å². The number of amides is 3. The Kier molecular flexibility index (Phi) is 16.7. The quantitative estimate of drug-likeness (QED) is 0.150. The van der Waals surface area contributed by atoms with Crippen molar-refractivity contribution in [2.24, 2.45) is 23.7 Å². The SMILES string of the molecule is CCN1CCCC[C@@H]1C(=O)N[C@H](C(=O)N(C)[C@H](C[C@@H](OC(C)=O)c1nc(C(=O)N[C@@H](Cc2ccc(C(F)(F)F)cc2)C[C@H](C)C(=O)OC)cs1)C(C)C)[C@@H](C)C1CC1. The van der Waals surface area contributed by atoms with Gasteiger partial charge in [-0.3, -0.25) is 28.9 Å². The zero-order valence-corrected chi connectivity index (χ0v) is 35.7. The van der Waals surface area contributed by atoms with Crippen molar-refractivity contribution in [3.63, 3.8) is 0 Å². The molecule has 2 aliphatic rings. The minimum Gasteiger partial charge on any atom is -0.469 e. The molecule has 1 saturated heterocycles. The fourth-order valence-electron chi connectivity index (χ4n) is 7.94. The van der Waals surface area contributed by atoms with E-state index in [2.05, 4.69) is 20.5 Å². The van der Waals surface area contributed by atoms with Gasteiger partial charge in [-0.05, 0) is 87.1 Å². The number of rotatable bonds is 19. The van der Waals surface area contributed by atoms with Crippen LogP contribution in [0.2, 0.25) is 0 Å². The Hall–Kier alpha value is -4.05. The maximum Gasteiger partial charge on any atom is 0.416 e. The molecule has 1 aliphatic heterocycles. The Labute approximate surface area is 344 Å². The zero-order valence-electron chi connectivity index (χ0n) is 34.9. The molecule has 7 atom stereocenters. The molecule has 2 heterocycles. The van der Waals surface area contributed by atoms with Gasteiger partial charge in [0.2, 0.25) is 11.8 Å². The van der Waals surface area contributed by atoms with Gasteiger partial charge in [-0.15, -0.1) is 11.3 Å². The Balaban J connectivity index is 1.53. The summed E-state index contributed by atoms with van der Waals surface area (Å²) in [5.74, 6) is -2.48. The molecule has 1 aliphatic carbocycles. The lowest BCUT2D eigenvalue weighted by molar-refractivity contribution is -0.149. The number of likely N-dealkylation sites (N-methyl/N-ethyl adjacent to an activating group) is 2. The molecule has 0 bridgehead atoms. The highest BCUT2D eigenvalue weighted by Crippen LogP contribution is 2.39. The van der Waals surface area contributed by atoms with Crippen molar-refractivity contribution >= 4 is 41.0 Å². The van der Waals surface area contributed by atoms with Crippen LogP contribution >= 0.6 is 11.3 Å². The minimum atomic E-state index is -4.50. The summed E-state index contributed by atoms with van der Waals surface area (Å²) in [7, 11) is 2.96. The third kappa shape index (κ3) is 12.7. The number of methoxy groups -OCH3 is 1. The summed E-state index contributed by atoms with van der Waals surface area (Å²) in [4.78, 5) is 74.9. The summed E-state index contributed by atoms with van der Waals surface area (Å²) in [5, 5.41) is 7.89. The van der Waals surface area contributed by atoms with Gasteiger partial charge in [-0.1, -0.05) is 53.2 Å². The van der Waals surface area contributed by atoms with E-state index in [1.807, 2.05) is 27.7 Å². The molecular weight excluding hydrogens is 776 g/mol. The first-order valence-corrected chi connectivity index (χ1v) is 21.2. The summed E-state index contributed by atoms with van der Waals surface area (Å²) >= 11 is 1.11. The fourth-order valence-corrected chi connectivity index (χ4v) is 8.78. The van der Waals surface area contributed by atoms with Crippen LogP contribution in [0.25, 0.3) is 0 Å². The fraction of sp³-hybridized carbons (Fsp3) is 0.667. The average Bonchev–Trinajstić information content (AvgIpc) is 3.92. The summed E-state index contributed by atoms with van der Waals surface area (Å²) in [6, 6.07) is 2.47. The number of aromatic nitrogens is 1. The third-order valence-corrected chi connectivity index (χ3v) is 12.5. The average molecular weight is 836 g/mol. The zero-order chi connectivity index (χ0) is 42.9. The number of hydrogen-bond donors (Lipinski definition) is 2. The van der Waals surface area contributed by atoms with Gasteiger partial charge >= 0.3 is 18.1 Å². The van der Waals surface area contributed by atoms with E-state index in [9.17, 15) is 37.1 Å². The first kappa shape index (κ1) is 46.6. The van der Waals surface area contributed by atoms with E-state index in [0.29, 0.717) is 16.5 Å². The van der Waals surface area contributed by atoms with Gasteiger partial charge in [0.25, 0.3) is 5.91 Å². The summed E-state index contributed by atoms with van der Waals surface area (Å²) < 4.78 is 50.2. The molecule has 0 spiro atoms. The Morgan fingerprint density at radius 3 is 2.24 bits per heavy atom.